The van der Waals surface area contributed by atoms with Crippen molar-refractivity contribution in [1.82, 2.24) is 15.5 Å². The van der Waals surface area contributed by atoms with Crippen LogP contribution in [0.1, 0.15) is 32.3 Å². The third kappa shape index (κ3) is 7.29. The summed E-state index contributed by atoms with van der Waals surface area (Å²) in [4.78, 5) is 6.66. The van der Waals surface area contributed by atoms with Crippen LogP contribution in [0.25, 0.3) is 0 Å². The van der Waals surface area contributed by atoms with Crippen molar-refractivity contribution >= 4 is 5.96 Å². The van der Waals surface area contributed by atoms with Gasteiger partial charge in [-0.25, -0.2) is 0 Å². The topological polar surface area (TPSA) is 58.1 Å². The Morgan fingerprint density at radius 2 is 1.74 bits per heavy atom. The van der Waals surface area contributed by atoms with Gasteiger partial charge in [0.2, 0.25) is 0 Å². The molecule has 1 atom stereocenters. The predicted molar refractivity (Wildman–Crippen MR) is 114 cm³/mol. The summed E-state index contributed by atoms with van der Waals surface area (Å²) in [7, 11) is 9.42. The average Bonchev–Trinajstić information content (AvgIpc) is 2.69. The van der Waals surface area contributed by atoms with Crippen LogP contribution in [0.15, 0.2) is 23.2 Å². The molecule has 6 nitrogen and oxygen atoms in total. The summed E-state index contributed by atoms with van der Waals surface area (Å²) in [6, 6.07) is 6.52. The molecule has 0 saturated heterocycles. The third-order valence-electron chi connectivity index (χ3n) is 5.11. The predicted octanol–water partition coefficient (Wildman–Crippen LogP) is 2.78. The van der Waals surface area contributed by atoms with Gasteiger partial charge < -0.3 is 25.0 Å². The van der Waals surface area contributed by atoms with Gasteiger partial charge in [0.1, 0.15) is 0 Å². The van der Waals surface area contributed by atoms with Gasteiger partial charge in [-0.15, -0.1) is 0 Å². The summed E-state index contributed by atoms with van der Waals surface area (Å²) in [5.74, 6) is 3.03. The molecule has 0 aromatic heterocycles. The summed E-state index contributed by atoms with van der Waals surface area (Å²) in [6.45, 7) is 6.21. The van der Waals surface area contributed by atoms with Gasteiger partial charge in [0.05, 0.1) is 14.2 Å². The summed E-state index contributed by atoms with van der Waals surface area (Å²) in [5.41, 5.74) is 1.19. The van der Waals surface area contributed by atoms with Crippen LogP contribution < -0.4 is 20.1 Å². The van der Waals surface area contributed by atoms with E-state index in [0.717, 1.165) is 37.0 Å². The molecule has 0 saturated carbocycles. The molecule has 0 aliphatic heterocycles. The Morgan fingerprint density at radius 3 is 2.26 bits per heavy atom. The normalized spacial score (nSPS) is 13.0. The van der Waals surface area contributed by atoms with Gasteiger partial charge in [-0.3, -0.25) is 4.99 Å². The van der Waals surface area contributed by atoms with Crippen molar-refractivity contribution in [3.05, 3.63) is 23.8 Å². The molecule has 0 heterocycles. The van der Waals surface area contributed by atoms with Crippen molar-refractivity contribution in [1.29, 1.82) is 0 Å². The molecule has 0 bridgehead atoms. The van der Waals surface area contributed by atoms with E-state index in [2.05, 4.69) is 54.5 Å². The number of nitrogens with zero attached hydrogens (tertiary/aromatic N) is 2. The zero-order chi connectivity index (χ0) is 20.2. The zero-order valence-electron chi connectivity index (χ0n) is 18.1. The number of nitrogens with one attached hydrogen (secondary N) is 2. The maximum absolute atomic E-state index is 5.37. The summed E-state index contributed by atoms with van der Waals surface area (Å²) in [5, 5.41) is 6.88. The van der Waals surface area contributed by atoms with E-state index in [1.54, 1.807) is 14.2 Å². The number of rotatable bonds is 11. The third-order valence-corrected chi connectivity index (χ3v) is 5.11. The highest BCUT2D eigenvalue weighted by molar-refractivity contribution is 5.79. The Bertz CT molecular complexity index is 571. The Kier molecular flexibility index (Phi) is 10.6. The molecule has 1 aromatic carbocycles. The minimum Gasteiger partial charge on any atom is -0.493 e. The van der Waals surface area contributed by atoms with Crippen molar-refractivity contribution in [2.45, 2.75) is 39.2 Å². The molecule has 0 aliphatic rings. The second kappa shape index (κ2) is 12.4. The quantitative estimate of drug-likeness (QED) is 0.458. The number of aliphatic imine (C=N–C) groups is 1. The second-order valence-corrected chi connectivity index (χ2v) is 6.93. The van der Waals surface area contributed by atoms with Crippen molar-refractivity contribution in [2.75, 3.05) is 48.5 Å². The molecular formula is C21H38N4O2. The molecule has 0 amide bonds. The van der Waals surface area contributed by atoms with Gasteiger partial charge in [-0.2, -0.15) is 0 Å². The molecule has 0 spiro atoms. The Morgan fingerprint density at radius 1 is 1.07 bits per heavy atom. The minimum absolute atomic E-state index is 0.490. The lowest BCUT2D eigenvalue weighted by Gasteiger charge is -2.32. The molecule has 27 heavy (non-hydrogen) atoms. The molecule has 0 fully saturated rings. The number of likely N-dealkylation sites (N-methyl/N-ethyl adjacent to an activating group) is 1. The monoisotopic (exact) mass is 378 g/mol. The lowest BCUT2D eigenvalue weighted by atomic mass is 9.93. The first-order chi connectivity index (χ1) is 13.0. The number of benzene rings is 1. The average molecular weight is 379 g/mol. The molecular weight excluding hydrogens is 340 g/mol. The highest BCUT2D eigenvalue weighted by Gasteiger charge is 2.20. The first kappa shape index (κ1) is 23.1. The van der Waals surface area contributed by atoms with E-state index in [0.29, 0.717) is 12.0 Å². The Labute approximate surface area is 165 Å². The van der Waals surface area contributed by atoms with E-state index >= 15 is 0 Å². The van der Waals surface area contributed by atoms with Crippen molar-refractivity contribution in [3.63, 3.8) is 0 Å². The zero-order valence-corrected chi connectivity index (χ0v) is 18.1. The minimum atomic E-state index is 0.490. The first-order valence-corrected chi connectivity index (χ1v) is 9.82. The largest absolute Gasteiger partial charge is 0.493 e. The number of guanidine groups is 1. The van der Waals surface area contributed by atoms with Crippen LogP contribution in [-0.4, -0.2) is 65.4 Å². The summed E-state index contributed by atoms with van der Waals surface area (Å²) >= 11 is 0. The lowest BCUT2D eigenvalue weighted by molar-refractivity contribution is 0.200. The second-order valence-electron chi connectivity index (χ2n) is 6.93. The van der Waals surface area contributed by atoms with Crippen LogP contribution in [0.5, 0.6) is 11.5 Å². The molecule has 1 rings (SSSR count). The van der Waals surface area contributed by atoms with E-state index in [-0.39, 0.29) is 0 Å². The standard InChI is InChI=1S/C21H38N4O2/c1-8-17(9-2)18(25(4)5)15-24-21(22-3)23-13-12-16-10-11-19(26-6)20(14-16)27-7/h10-11,14,17-18H,8-9,12-13,15H2,1-7H3,(H2,22,23,24). The number of ether oxygens (including phenoxy) is 2. The van der Waals surface area contributed by atoms with Gasteiger partial charge in [0, 0.05) is 26.2 Å². The first-order valence-electron chi connectivity index (χ1n) is 9.82. The summed E-state index contributed by atoms with van der Waals surface area (Å²) in [6.07, 6.45) is 3.25. The van der Waals surface area contributed by atoms with Gasteiger partial charge >= 0.3 is 0 Å². The molecule has 2 N–H and O–H groups in total. The van der Waals surface area contributed by atoms with Crippen molar-refractivity contribution < 1.29 is 9.47 Å². The fraction of sp³-hybridized carbons (Fsp3) is 0.667. The van der Waals surface area contributed by atoms with Crippen LogP contribution in [-0.2, 0) is 6.42 Å². The number of hydrogen-bond acceptors (Lipinski definition) is 4. The van der Waals surface area contributed by atoms with Crippen LogP contribution in [0.4, 0.5) is 0 Å². The molecule has 0 aliphatic carbocycles. The summed E-state index contributed by atoms with van der Waals surface area (Å²) < 4.78 is 10.7. The Hall–Kier alpha value is -1.95. The van der Waals surface area contributed by atoms with E-state index in [4.69, 9.17) is 9.47 Å². The van der Waals surface area contributed by atoms with Crippen LogP contribution in [0.2, 0.25) is 0 Å². The van der Waals surface area contributed by atoms with Crippen molar-refractivity contribution in [2.24, 2.45) is 10.9 Å². The molecule has 1 unspecified atom stereocenters. The maximum atomic E-state index is 5.37. The fourth-order valence-electron chi connectivity index (χ4n) is 3.39. The Balaban J connectivity index is 2.55. The molecule has 0 radical (unpaired) electrons. The van der Waals surface area contributed by atoms with Crippen LogP contribution >= 0.6 is 0 Å². The highest BCUT2D eigenvalue weighted by atomic mass is 16.5. The SMILES string of the molecule is CCC(CC)C(CNC(=NC)NCCc1ccc(OC)c(OC)c1)N(C)C. The molecule has 154 valence electrons. The van der Waals surface area contributed by atoms with Gasteiger partial charge in [-0.05, 0) is 44.1 Å². The lowest BCUT2D eigenvalue weighted by Crippen LogP contribution is -2.48. The van der Waals surface area contributed by atoms with E-state index in [9.17, 15) is 0 Å². The fourth-order valence-corrected chi connectivity index (χ4v) is 3.39. The maximum Gasteiger partial charge on any atom is 0.191 e. The smallest absolute Gasteiger partial charge is 0.191 e. The number of methoxy groups -OCH3 is 2. The highest BCUT2D eigenvalue weighted by Crippen LogP contribution is 2.27. The van der Waals surface area contributed by atoms with Crippen LogP contribution in [0, 0.1) is 5.92 Å². The van der Waals surface area contributed by atoms with Crippen molar-refractivity contribution in [3.8, 4) is 11.5 Å². The van der Waals surface area contributed by atoms with Gasteiger partial charge in [0.15, 0.2) is 17.5 Å². The number of hydrogen-bond donors (Lipinski definition) is 2. The van der Waals surface area contributed by atoms with E-state index < -0.39 is 0 Å². The van der Waals surface area contributed by atoms with Crippen LogP contribution in [0.3, 0.4) is 0 Å². The molecule has 6 heteroatoms. The van der Waals surface area contributed by atoms with Gasteiger partial charge in [0.25, 0.3) is 0 Å². The molecule has 1 aromatic rings. The van der Waals surface area contributed by atoms with E-state index in [1.807, 2.05) is 19.2 Å². The van der Waals surface area contributed by atoms with E-state index in [1.165, 1.54) is 18.4 Å². The van der Waals surface area contributed by atoms with Gasteiger partial charge in [-0.1, -0.05) is 32.8 Å².